The van der Waals surface area contributed by atoms with Crippen LogP contribution in [0.15, 0.2) is 23.7 Å². The molecule has 19 heavy (non-hydrogen) atoms. The molecule has 2 N–H and O–H groups in total. The van der Waals surface area contributed by atoms with Gasteiger partial charge in [0.15, 0.2) is 0 Å². The number of aromatic nitrogens is 2. The summed E-state index contributed by atoms with van der Waals surface area (Å²) in [6.45, 7) is 4.57. The highest BCUT2D eigenvalue weighted by Gasteiger charge is 2.15. The van der Waals surface area contributed by atoms with Crippen LogP contribution in [-0.4, -0.2) is 28.8 Å². The van der Waals surface area contributed by atoms with Crippen molar-refractivity contribution in [3.05, 3.63) is 29.3 Å². The first-order valence-corrected chi connectivity index (χ1v) is 7.06. The molecule has 0 saturated carbocycles. The second-order valence-corrected chi connectivity index (χ2v) is 5.05. The highest BCUT2D eigenvalue weighted by molar-refractivity contribution is 7.13. The molecule has 0 bridgehead atoms. The minimum atomic E-state index is -0.328. The molecule has 0 aliphatic rings. The van der Waals surface area contributed by atoms with Crippen molar-refractivity contribution in [1.82, 2.24) is 15.5 Å². The van der Waals surface area contributed by atoms with Crippen LogP contribution in [0.4, 0.5) is 0 Å². The van der Waals surface area contributed by atoms with Gasteiger partial charge in [-0.2, -0.15) is 5.10 Å². The average molecular weight is 279 g/mol. The van der Waals surface area contributed by atoms with Gasteiger partial charge in [-0.3, -0.25) is 9.89 Å². The van der Waals surface area contributed by atoms with E-state index in [0.29, 0.717) is 13.2 Å². The average Bonchev–Trinajstić information content (AvgIpc) is 3.06. The smallest absolute Gasteiger partial charge is 0.322 e. The molecule has 0 aliphatic heterocycles. The van der Waals surface area contributed by atoms with Crippen molar-refractivity contribution < 1.29 is 9.53 Å². The lowest BCUT2D eigenvalue weighted by molar-refractivity contribution is -0.145. The minimum Gasteiger partial charge on any atom is -0.465 e. The van der Waals surface area contributed by atoms with E-state index in [2.05, 4.69) is 15.5 Å². The van der Waals surface area contributed by atoms with Crippen molar-refractivity contribution in [1.29, 1.82) is 0 Å². The van der Waals surface area contributed by atoms with Gasteiger partial charge in [0.2, 0.25) is 0 Å². The molecule has 5 nitrogen and oxygen atoms in total. The van der Waals surface area contributed by atoms with Crippen molar-refractivity contribution in [3.63, 3.8) is 0 Å². The lowest BCUT2D eigenvalue weighted by atomic mass is 10.2. The molecule has 0 amide bonds. The molecule has 2 rings (SSSR count). The maximum absolute atomic E-state index is 11.5. The minimum absolute atomic E-state index is 0.233. The number of esters is 1. The normalized spacial score (nSPS) is 12.3. The van der Waals surface area contributed by atoms with Crippen molar-refractivity contribution in [2.75, 3.05) is 6.61 Å². The molecule has 0 fully saturated rings. The summed E-state index contributed by atoms with van der Waals surface area (Å²) >= 11 is 1.65. The van der Waals surface area contributed by atoms with Crippen LogP contribution in [-0.2, 0) is 16.1 Å². The monoisotopic (exact) mass is 279 g/mol. The van der Waals surface area contributed by atoms with Gasteiger partial charge in [0.1, 0.15) is 6.04 Å². The van der Waals surface area contributed by atoms with Crippen LogP contribution in [0.25, 0.3) is 10.6 Å². The number of carbonyl (C=O) groups excluding carboxylic acids is 1. The standard InChI is InChI=1S/C13H17N3O2S/c1-3-18-13(17)9(2)14-7-10-8-15-16-12(10)11-5-4-6-19-11/h4-6,8-9,14H,3,7H2,1-2H3,(H,15,16). The van der Waals surface area contributed by atoms with Crippen molar-refractivity contribution in [2.45, 2.75) is 26.4 Å². The summed E-state index contributed by atoms with van der Waals surface area (Å²) in [5.41, 5.74) is 2.04. The number of aromatic amines is 1. The quantitative estimate of drug-likeness (QED) is 0.795. The molecule has 2 aromatic heterocycles. The maximum atomic E-state index is 11.5. The molecule has 0 spiro atoms. The second-order valence-electron chi connectivity index (χ2n) is 4.10. The van der Waals surface area contributed by atoms with Crippen LogP contribution in [0, 0.1) is 0 Å². The van der Waals surface area contributed by atoms with Gasteiger partial charge in [-0.15, -0.1) is 11.3 Å². The van der Waals surface area contributed by atoms with Crippen LogP contribution < -0.4 is 5.32 Å². The van der Waals surface area contributed by atoms with Crippen molar-refractivity contribution >= 4 is 17.3 Å². The van der Waals surface area contributed by atoms with E-state index in [1.54, 1.807) is 31.4 Å². The Bertz CT molecular complexity index is 522. The van der Waals surface area contributed by atoms with E-state index in [1.165, 1.54) is 0 Å². The number of H-pyrrole nitrogens is 1. The van der Waals surface area contributed by atoms with Crippen molar-refractivity contribution in [2.24, 2.45) is 0 Å². The SMILES string of the molecule is CCOC(=O)C(C)NCc1cn[nH]c1-c1cccs1. The zero-order chi connectivity index (χ0) is 13.7. The van der Waals surface area contributed by atoms with Gasteiger partial charge in [-0.25, -0.2) is 0 Å². The van der Waals surface area contributed by atoms with E-state index in [1.807, 2.05) is 17.5 Å². The third kappa shape index (κ3) is 3.42. The van der Waals surface area contributed by atoms with Crippen LogP contribution in [0.5, 0.6) is 0 Å². The Morgan fingerprint density at radius 2 is 2.47 bits per heavy atom. The predicted octanol–water partition coefficient (Wildman–Crippen LogP) is 2.18. The predicted molar refractivity (Wildman–Crippen MR) is 74.8 cm³/mol. The lowest BCUT2D eigenvalue weighted by Crippen LogP contribution is -2.34. The van der Waals surface area contributed by atoms with Crippen LogP contribution in [0.2, 0.25) is 0 Å². The van der Waals surface area contributed by atoms with Crippen LogP contribution in [0.1, 0.15) is 19.4 Å². The Hall–Kier alpha value is -1.66. The molecular weight excluding hydrogens is 262 g/mol. The van der Waals surface area contributed by atoms with Gasteiger partial charge >= 0.3 is 5.97 Å². The fraction of sp³-hybridized carbons (Fsp3) is 0.385. The number of rotatable bonds is 6. The maximum Gasteiger partial charge on any atom is 0.322 e. The fourth-order valence-corrected chi connectivity index (χ4v) is 2.45. The van der Waals surface area contributed by atoms with Gasteiger partial charge in [0, 0.05) is 12.1 Å². The Morgan fingerprint density at radius 3 is 3.16 bits per heavy atom. The van der Waals surface area contributed by atoms with Gasteiger partial charge in [0.05, 0.1) is 23.4 Å². The number of nitrogens with zero attached hydrogens (tertiary/aromatic N) is 1. The molecular formula is C13H17N3O2S. The zero-order valence-electron chi connectivity index (χ0n) is 11.0. The molecule has 2 heterocycles. The summed E-state index contributed by atoms with van der Waals surface area (Å²) < 4.78 is 4.95. The van der Waals surface area contributed by atoms with Gasteiger partial charge in [-0.05, 0) is 25.3 Å². The topological polar surface area (TPSA) is 67.0 Å². The summed E-state index contributed by atoms with van der Waals surface area (Å²) in [7, 11) is 0. The molecule has 2 aromatic rings. The first kappa shape index (κ1) is 13.8. The molecule has 0 aliphatic carbocycles. The van der Waals surface area contributed by atoms with Crippen molar-refractivity contribution in [3.8, 4) is 10.6 Å². The largest absolute Gasteiger partial charge is 0.465 e. The first-order valence-electron chi connectivity index (χ1n) is 6.18. The highest BCUT2D eigenvalue weighted by Crippen LogP contribution is 2.25. The third-order valence-electron chi connectivity index (χ3n) is 2.72. The van der Waals surface area contributed by atoms with Crippen LogP contribution in [0.3, 0.4) is 0 Å². The molecule has 0 aromatic carbocycles. The zero-order valence-corrected chi connectivity index (χ0v) is 11.8. The van der Waals surface area contributed by atoms with E-state index in [-0.39, 0.29) is 12.0 Å². The van der Waals surface area contributed by atoms with Gasteiger partial charge < -0.3 is 10.1 Å². The molecule has 1 unspecified atom stereocenters. The highest BCUT2D eigenvalue weighted by atomic mass is 32.1. The molecule has 1 atom stereocenters. The fourth-order valence-electron chi connectivity index (χ4n) is 1.69. The number of hydrogen-bond donors (Lipinski definition) is 2. The Morgan fingerprint density at radius 1 is 1.63 bits per heavy atom. The Kier molecular flexibility index (Phi) is 4.70. The van der Waals surface area contributed by atoms with E-state index >= 15 is 0 Å². The number of carbonyl (C=O) groups is 1. The van der Waals surface area contributed by atoms with E-state index in [4.69, 9.17) is 4.74 Å². The summed E-state index contributed by atoms with van der Waals surface area (Å²) in [5.74, 6) is -0.233. The van der Waals surface area contributed by atoms with Gasteiger partial charge in [0.25, 0.3) is 0 Å². The number of ether oxygens (including phenoxy) is 1. The molecule has 6 heteroatoms. The Labute approximate surface area is 116 Å². The molecule has 0 radical (unpaired) electrons. The van der Waals surface area contributed by atoms with Gasteiger partial charge in [-0.1, -0.05) is 6.07 Å². The first-order chi connectivity index (χ1) is 9.22. The number of hydrogen-bond acceptors (Lipinski definition) is 5. The summed E-state index contributed by atoms with van der Waals surface area (Å²) in [6, 6.07) is 3.71. The lowest BCUT2D eigenvalue weighted by Gasteiger charge is -2.12. The van der Waals surface area contributed by atoms with E-state index in [0.717, 1.165) is 16.1 Å². The van der Waals surface area contributed by atoms with Crippen LogP contribution >= 0.6 is 11.3 Å². The molecule has 0 saturated heterocycles. The summed E-state index contributed by atoms with van der Waals surface area (Å²) in [4.78, 5) is 12.6. The van der Waals surface area contributed by atoms with E-state index < -0.39 is 0 Å². The number of thiophene rings is 1. The summed E-state index contributed by atoms with van der Waals surface area (Å²) in [6.07, 6.45) is 1.78. The Balaban J connectivity index is 1.97. The van der Waals surface area contributed by atoms with E-state index in [9.17, 15) is 4.79 Å². The third-order valence-corrected chi connectivity index (χ3v) is 3.61. The molecule has 102 valence electrons. The number of nitrogens with one attached hydrogen (secondary N) is 2. The summed E-state index contributed by atoms with van der Waals surface area (Å²) in [5, 5.41) is 12.2. The second kappa shape index (κ2) is 6.49.